The molecule has 1 aromatic heterocycles. The van der Waals surface area contributed by atoms with E-state index in [-0.39, 0.29) is 5.56 Å². The third-order valence-corrected chi connectivity index (χ3v) is 5.00. The molecule has 0 saturated heterocycles. The van der Waals surface area contributed by atoms with E-state index in [1.165, 1.54) is 20.0 Å². The predicted octanol–water partition coefficient (Wildman–Crippen LogP) is 0.402. The highest BCUT2D eigenvalue weighted by atomic mass is 32.2. The Morgan fingerprint density at radius 1 is 1.12 bits per heavy atom. The van der Waals surface area contributed by atoms with E-state index in [0.717, 1.165) is 29.9 Å². The van der Waals surface area contributed by atoms with Gasteiger partial charge in [-0.2, -0.15) is 0 Å². The molecule has 0 aliphatic rings. The van der Waals surface area contributed by atoms with Gasteiger partial charge in [-0.1, -0.05) is 6.07 Å². The van der Waals surface area contributed by atoms with E-state index in [1.54, 1.807) is 0 Å². The Morgan fingerprint density at radius 3 is 2.33 bits per heavy atom. The number of rotatable bonds is 4. The van der Waals surface area contributed by atoms with Crippen LogP contribution in [0.3, 0.4) is 0 Å². The minimum atomic E-state index is -4.28. The van der Waals surface area contributed by atoms with Crippen LogP contribution in [-0.4, -0.2) is 17.6 Å². The molecule has 1 atom stereocenters. The summed E-state index contributed by atoms with van der Waals surface area (Å²) in [6, 6.07) is 2.04. The average Bonchev–Trinajstić information content (AvgIpc) is 2.50. The molecule has 2 rings (SSSR count). The number of benzene rings is 1. The van der Waals surface area contributed by atoms with Gasteiger partial charge in [0.2, 0.25) is 10.0 Å². The van der Waals surface area contributed by atoms with Crippen molar-refractivity contribution in [2.24, 2.45) is 14.1 Å². The van der Waals surface area contributed by atoms with Gasteiger partial charge in [-0.25, -0.2) is 26.7 Å². The summed E-state index contributed by atoms with van der Waals surface area (Å²) < 4.78 is 54.8. The fourth-order valence-corrected chi connectivity index (χ4v) is 3.50. The monoisotopic (exact) mass is 359 g/mol. The second-order valence-electron chi connectivity index (χ2n) is 5.27. The molecular weight excluding hydrogens is 344 g/mol. The van der Waals surface area contributed by atoms with Crippen LogP contribution < -0.4 is 16.0 Å². The first-order chi connectivity index (χ1) is 11.0. The molecule has 7 nitrogen and oxygen atoms in total. The van der Waals surface area contributed by atoms with Gasteiger partial charge < -0.3 is 4.57 Å². The van der Waals surface area contributed by atoms with E-state index in [2.05, 4.69) is 4.72 Å². The summed E-state index contributed by atoms with van der Waals surface area (Å²) in [5, 5.41) is 0. The summed E-state index contributed by atoms with van der Waals surface area (Å²) in [6.45, 7) is 1.41. The van der Waals surface area contributed by atoms with Crippen molar-refractivity contribution in [3.05, 3.63) is 62.4 Å². The number of nitrogens with one attached hydrogen (secondary N) is 1. The molecule has 0 aliphatic heterocycles. The number of hydrogen-bond donors (Lipinski definition) is 1. The Morgan fingerprint density at radius 2 is 1.75 bits per heavy atom. The Labute approximate surface area is 136 Å². The van der Waals surface area contributed by atoms with Gasteiger partial charge in [-0.3, -0.25) is 9.36 Å². The first kappa shape index (κ1) is 18.0. The van der Waals surface area contributed by atoms with Crippen LogP contribution in [0.4, 0.5) is 8.78 Å². The summed E-state index contributed by atoms with van der Waals surface area (Å²) >= 11 is 0. The van der Waals surface area contributed by atoms with Crippen LogP contribution in [0.15, 0.2) is 38.9 Å². The zero-order valence-corrected chi connectivity index (χ0v) is 13.9. The summed E-state index contributed by atoms with van der Waals surface area (Å²) in [6.07, 6.45) is 0.908. The summed E-state index contributed by atoms with van der Waals surface area (Å²) in [5.41, 5.74) is -1.48. The number of halogens is 2. The zero-order chi connectivity index (χ0) is 18.2. The molecule has 0 saturated carbocycles. The van der Waals surface area contributed by atoms with Gasteiger partial charge in [0.15, 0.2) is 16.5 Å². The second kappa shape index (κ2) is 6.29. The molecule has 0 amide bonds. The molecule has 1 heterocycles. The molecule has 130 valence electrons. The highest BCUT2D eigenvalue weighted by Gasteiger charge is 2.24. The van der Waals surface area contributed by atoms with Crippen molar-refractivity contribution in [1.29, 1.82) is 0 Å². The predicted molar refractivity (Wildman–Crippen MR) is 82.0 cm³/mol. The van der Waals surface area contributed by atoms with Crippen molar-refractivity contribution in [2.75, 3.05) is 0 Å². The van der Waals surface area contributed by atoms with Crippen LogP contribution in [0.1, 0.15) is 18.5 Å². The largest absolute Gasteiger partial charge is 0.330 e. The molecule has 0 spiro atoms. The van der Waals surface area contributed by atoms with Crippen molar-refractivity contribution in [3.63, 3.8) is 0 Å². The maximum absolute atomic E-state index is 13.3. The molecular formula is C14H15F2N3O4S. The fraction of sp³-hybridized carbons (Fsp3) is 0.286. The lowest BCUT2D eigenvalue weighted by atomic mass is 10.1. The number of aryl methyl sites for hydroxylation is 1. The van der Waals surface area contributed by atoms with Gasteiger partial charge in [0, 0.05) is 26.3 Å². The Bertz CT molecular complexity index is 1010. The standard InChI is InChI=1S/C14H15F2N3O4S/c1-8(9-4-5-10(15)11(16)6-9)17-24(22,23)12-7-18(2)14(21)19(3)13(12)20/h4-8,17H,1-3H3. The van der Waals surface area contributed by atoms with Gasteiger partial charge in [-0.05, 0) is 24.6 Å². The molecule has 0 radical (unpaired) electrons. The maximum Gasteiger partial charge on any atom is 0.330 e. The van der Waals surface area contributed by atoms with Crippen LogP contribution in [-0.2, 0) is 24.1 Å². The lowest BCUT2D eigenvalue weighted by Gasteiger charge is -2.15. The molecule has 1 aromatic carbocycles. The van der Waals surface area contributed by atoms with Crippen LogP contribution in [0.25, 0.3) is 0 Å². The molecule has 0 fully saturated rings. The van der Waals surface area contributed by atoms with Gasteiger partial charge >= 0.3 is 5.69 Å². The molecule has 1 unspecified atom stereocenters. The van der Waals surface area contributed by atoms with Crippen molar-refractivity contribution in [2.45, 2.75) is 17.9 Å². The third kappa shape index (κ3) is 3.29. The molecule has 0 aliphatic carbocycles. The highest BCUT2D eigenvalue weighted by Crippen LogP contribution is 2.18. The Kier molecular flexibility index (Phi) is 4.72. The van der Waals surface area contributed by atoms with E-state index in [9.17, 15) is 26.8 Å². The van der Waals surface area contributed by atoms with Crippen molar-refractivity contribution >= 4 is 10.0 Å². The van der Waals surface area contributed by atoms with Crippen LogP contribution in [0.2, 0.25) is 0 Å². The van der Waals surface area contributed by atoms with Crippen LogP contribution >= 0.6 is 0 Å². The van der Waals surface area contributed by atoms with Crippen molar-refractivity contribution in [1.82, 2.24) is 13.9 Å². The maximum atomic E-state index is 13.3. The topological polar surface area (TPSA) is 90.2 Å². The molecule has 2 aromatic rings. The van der Waals surface area contributed by atoms with E-state index in [0.29, 0.717) is 4.57 Å². The number of aromatic nitrogens is 2. The summed E-state index contributed by atoms with van der Waals surface area (Å²) in [7, 11) is -1.82. The normalized spacial score (nSPS) is 13.0. The van der Waals surface area contributed by atoms with Gasteiger partial charge in [0.1, 0.15) is 0 Å². The van der Waals surface area contributed by atoms with Gasteiger partial charge in [0.05, 0.1) is 0 Å². The average molecular weight is 359 g/mol. The minimum Gasteiger partial charge on any atom is -0.302 e. The molecule has 24 heavy (non-hydrogen) atoms. The fourth-order valence-electron chi connectivity index (χ4n) is 2.11. The van der Waals surface area contributed by atoms with E-state index >= 15 is 0 Å². The highest BCUT2D eigenvalue weighted by molar-refractivity contribution is 7.89. The SMILES string of the molecule is CC(NS(=O)(=O)c1cn(C)c(=O)n(C)c1=O)c1ccc(F)c(F)c1. The smallest absolute Gasteiger partial charge is 0.302 e. The lowest BCUT2D eigenvalue weighted by Crippen LogP contribution is -2.41. The van der Waals surface area contributed by atoms with E-state index in [4.69, 9.17) is 0 Å². The Hall–Kier alpha value is -2.33. The number of hydrogen-bond acceptors (Lipinski definition) is 4. The molecule has 10 heteroatoms. The number of sulfonamides is 1. The van der Waals surface area contributed by atoms with Gasteiger partial charge in [0.25, 0.3) is 5.56 Å². The first-order valence-electron chi connectivity index (χ1n) is 6.78. The zero-order valence-electron chi connectivity index (χ0n) is 13.1. The first-order valence-corrected chi connectivity index (χ1v) is 8.27. The summed E-state index contributed by atoms with van der Waals surface area (Å²) in [5.74, 6) is -2.17. The molecule has 1 N–H and O–H groups in total. The lowest BCUT2D eigenvalue weighted by molar-refractivity contribution is 0.504. The minimum absolute atomic E-state index is 0.180. The van der Waals surface area contributed by atoms with Crippen LogP contribution in [0.5, 0.6) is 0 Å². The third-order valence-electron chi connectivity index (χ3n) is 3.48. The van der Waals surface area contributed by atoms with Crippen molar-refractivity contribution < 1.29 is 17.2 Å². The van der Waals surface area contributed by atoms with E-state index < -0.39 is 43.8 Å². The van der Waals surface area contributed by atoms with Gasteiger partial charge in [-0.15, -0.1) is 0 Å². The molecule has 0 bridgehead atoms. The van der Waals surface area contributed by atoms with E-state index in [1.807, 2.05) is 0 Å². The quantitative estimate of drug-likeness (QED) is 0.856. The van der Waals surface area contributed by atoms with Crippen LogP contribution in [0, 0.1) is 11.6 Å². The number of nitrogens with zero attached hydrogens (tertiary/aromatic N) is 2. The van der Waals surface area contributed by atoms with Crippen molar-refractivity contribution in [3.8, 4) is 0 Å². The Balaban J connectivity index is 2.43. The summed E-state index contributed by atoms with van der Waals surface area (Å²) in [4.78, 5) is 23.0. The second-order valence-corrected chi connectivity index (χ2v) is 6.95.